The molecule has 0 aliphatic carbocycles. The number of imide groups is 1. The van der Waals surface area contributed by atoms with Crippen molar-refractivity contribution >= 4 is 40.6 Å². The van der Waals surface area contributed by atoms with E-state index in [0.717, 1.165) is 22.9 Å². The highest BCUT2D eigenvalue weighted by atomic mass is 32.2. The average molecular weight is 409 g/mol. The third-order valence-corrected chi connectivity index (χ3v) is 5.47. The third kappa shape index (κ3) is 5.15. The van der Waals surface area contributed by atoms with Gasteiger partial charge in [0.05, 0.1) is 11.4 Å². The van der Waals surface area contributed by atoms with Crippen molar-refractivity contribution in [2.75, 3.05) is 5.32 Å². The molecule has 1 N–H and O–H groups in total. The van der Waals surface area contributed by atoms with Crippen LogP contribution in [0.1, 0.15) is 44.4 Å². The maximum Gasteiger partial charge on any atom is 0.293 e. The summed E-state index contributed by atoms with van der Waals surface area (Å²) >= 11 is 0.947. The minimum atomic E-state index is -0.286. The van der Waals surface area contributed by atoms with Crippen LogP contribution in [-0.4, -0.2) is 22.0 Å². The zero-order valence-electron chi connectivity index (χ0n) is 17.0. The number of carbonyl (C=O) groups excluding carboxylic acids is 3. The lowest BCUT2D eigenvalue weighted by atomic mass is 9.87. The highest BCUT2D eigenvalue weighted by Gasteiger charge is 2.35. The van der Waals surface area contributed by atoms with E-state index in [1.54, 1.807) is 30.3 Å². The van der Waals surface area contributed by atoms with Gasteiger partial charge in [-0.15, -0.1) is 0 Å². The lowest BCUT2D eigenvalue weighted by Gasteiger charge is -2.20. The van der Waals surface area contributed by atoms with Gasteiger partial charge in [0.1, 0.15) is 0 Å². The molecule has 6 heteroatoms. The Labute approximate surface area is 175 Å². The van der Waals surface area contributed by atoms with Crippen LogP contribution in [0.25, 0.3) is 6.08 Å². The van der Waals surface area contributed by atoms with E-state index in [2.05, 4.69) is 26.1 Å². The second kappa shape index (κ2) is 8.25. The predicted octanol–water partition coefficient (Wildman–Crippen LogP) is 5.18. The summed E-state index contributed by atoms with van der Waals surface area (Å²) in [6, 6.07) is 15.1. The Morgan fingerprint density at radius 1 is 1.03 bits per heavy atom. The molecule has 2 aromatic carbocycles. The fourth-order valence-corrected chi connectivity index (χ4v) is 3.78. The van der Waals surface area contributed by atoms with Crippen molar-refractivity contribution in [3.63, 3.8) is 0 Å². The molecule has 0 unspecified atom stereocenters. The molecule has 0 atom stereocenters. The Morgan fingerprint density at radius 2 is 1.66 bits per heavy atom. The number of nitrogens with one attached hydrogen (secondary N) is 1. The standard InChI is InChI=1S/C23H24N2O3S/c1-15(26)24-19-11-7-16(8-12-19)13-20-21(27)25(22(28)29-20)14-17-5-9-18(10-6-17)23(2,3)4/h5-13H,14H2,1-4H3,(H,24,26)/b20-13+. The number of thioether (sulfide) groups is 1. The van der Waals surface area contributed by atoms with Gasteiger partial charge in [0.2, 0.25) is 5.91 Å². The Balaban J connectivity index is 1.72. The van der Waals surface area contributed by atoms with E-state index in [1.165, 1.54) is 17.4 Å². The molecule has 5 nitrogen and oxygen atoms in total. The van der Waals surface area contributed by atoms with Crippen molar-refractivity contribution in [3.05, 3.63) is 70.1 Å². The number of amides is 3. The highest BCUT2D eigenvalue weighted by Crippen LogP contribution is 2.33. The molecular weight excluding hydrogens is 384 g/mol. The Kier molecular flexibility index (Phi) is 5.94. The zero-order chi connectivity index (χ0) is 21.2. The molecule has 1 fully saturated rings. The van der Waals surface area contributed by atoms with E-state index in [-0.39, 0.29) is 29.0 Å². The van der Waals surface area contributed by atoms with Crippen LogP contribution >= 0.6 is 11.8 Å². The first-order chi connectivity index (χ1) is 13.6. The molecule has 0 radical (unpaired) electrons. The lowest BCUT2D eigenvalue weighted by Crippen LogP contribution is -2.27. The summed E-state index contributed by atoms with van der Waals surface area (Å²) < 4.78 is 0. The molecule has 0 bridgehead atoms. The first kappa shape index (κ1) is 20.9. The molecular formula is C23H24N2O3S. The predicted molar refractivity (Wildman–Crippen MR) is 117 cm³/mol. The highest BCUT2D eigenvalue weighted by molar-refractivity contribution is 8.18. The number of carbonyl (C=O) groups is 3. The minimum absolute atomic E-state index is 0.0546. The summed E-state index contributed by atoms with van der Waals surface area (Å²) in [6.45, 7) is 8.14. The smallest absolute Gasteiger partial charge is 0.293 e. The third-order valence-electron chi connectivity index (χ3n) is 4.56. The van der Waals surface area contributed by atoms with Gasteiger partial charge in [-0.05, 0) is 52.1 Å². The first-order valence-electron chi connectivity index (χ1n) is 9.36. The number of nitrogens with zero attached hydrogens (tertiary/aromatic N) is 1. The van der Waals surface area contributed by atoms with Crippen LogP contribution in [0, 0.1) is 0 Å². The van der Waals surface area contributed by atoms with Gasteiger partial charge < -0.3 is 5.32 Å². The van der Waals surface area contributed by atoms with Gasteiger partial charge in [-0.25, -0.2) is 0 Å². The normalized spacial score (nSPS) is 15.9. The minimum Gasteiger partial charge on any atom is -0.326 e. The monoisotopic (exact) mass is 408 g/mol. The molecule has 150 valence electrons. The summed E-state index contributed by atoms with van der Waals surface area (Å²) in [5.74, 6) is -0.430. The molecule has 3 rings (SSSR count). The van der Waals surface area contributed by atoms with Crippen molar-refractivity contribution < 1.29 is 14.4 Å². The summed E-state index contributed by atoms with van der Waals surface area (Å²) in [7, 11) is 0. The van der Waals surface area contributed by atoms with Gasteiger partial charge in [0.15, 0.2) is 0 Å². The van der Waals surface area contributed by atoms with E-state index in [4.69, 9.17) is 0 Å². The summed E-state index contributed by atoms with van der Waals surface area (Å²) in [5.41, 5.74) is 3.65. The van der Waals surface area contributed by atoms with Crippen molar-refractivity contribution in [1.29, 1.82) is 0 Å². The van der Waals surface area contributed by atoms with Crippen molar-refractivity contribution in [1.82, 2.24) is 4.90 Å². The number of rotatable bonds is 4. The van der Waals surface area contributed by atoms with Crippen molar-refractivity contribution in [3.8, 4) is 0 Å². The van der Waals surface area contributed by atoms with E-state index in [1.807, 2.05) is 24.3 Å². The van der Waals surface area contributed by atoms with Crippen molar-refractivity contribution in [2.45, 2.75) is 39.7 Å². The van der Waals surface area contributed by atoms with Gasteiger partial charge in [-0.2, -0.15) is 0 Å². The summed E-state index contributed by atoms with van der Waals surface area (Å²) in [5, 5.41) is 2.43. The van der Waals surface area contributed by atoms with Crippen LogP contribution in [0.5, 0.6) is 0 Å². The van der Waals surface area contributed by atoms with Crippen molar-refractivity contribution in [2.24, 2.45) is 0 Å². The molecule has 29 heavy (non-hydrogen) atoms. The van der Waals surface area contributed by atoms with E-state index in [0.29, 0.717) is 10.6 Å². The molecule has 0 aromatic heterocycles. The van der Waals surface area contributed by atoms with Gasteiger partial charge in [0.25, 0.3) is 11.1 Å². The van der Waals surface area contributed by atoms with Crippen LogP contribution in [0.3, 0.4) is 0 Å². The number of anilines is 1. The molecule has 3 amide bonds. The molecule has 1 heterocycles. The molecule has 1 aliphatic heterocycles. The number of benzene rings is 2. The van der Waals surface area contributed by atoms with E-state index >= 15 is 0 Å². The largest absolute Gasteiger partial charge is 0.326 e. The fourth-order valence-electron chi connectivity index (χ4n) is 2.95. The van der Waals surface area contributed by atoms with E-state index < -0.39 is 0 Å². The summed E-state index contributed by atoms with van der Waals surface area (Å²) in [6.07, 6.45) is 1.70. The van der Waals surface area contributed by atoms with Gasteiger partial charge >= 0.3 is 0 Å². The molecule has 1 saturated heterocycles. The maximum atomic E-state index is 12.7. The molecule has 2 aromatic rings. The van der Waals surface area contributed by atoms with E-state index in [9.17, 15) is 14.4 Å². The van der Waals surface area contributed by atoms with Crippen LogP contribution < -0.4 is 5.32 Å². The first-order valence-corrected chi connectivity index (χ1v) is 10.2. The topological polar surface area (TPSA) is 66.5 Å². The van der Waals surface area contributed by atoms with Crippen LogP contribution in [0.15, 0.2) is 53.4 Å². The van der Waals surface area contributed by atoms with Gasteiger partial charge in [-0.1, -0.05) is 57.2 Å². The van der Waals surface area contributed by atoms with Crippen LogP contribution in [0.4, 0.5) is 10.5 Å². The maximum absolute atomic E-state index is 12.7. The number of hydrogen-bond donors (Lipinski definition) is 1. The second-order valence-electron chi connectivity index (χ2n) is 8.02. The zero-order valence-corrected chi connectivity index (χ0v) is 17.8. The lowest BCUT2D eigenvalue weighted by molar-refractivity contribution is -0.123. The molecule has 0 spiro atoms. The Hall–Kier alpha value is -2.86. The molecule has 0 saturated carbocycles. The SMILES string of the molecule is CC(=O)Nc1ccc(/C=C2/SC(=O)N(Cc3ccc(C(C)(C)C)cc3)C2=O)cc1. The Bertz CT molecular complexity index is 971. The van der Waals surface area contributed by atoms with Gasteiger partial charge in [0, 0.05) is 12.6 Å². The fraction of sp³-hybridized carbons (Fsp3) is 0.261. The average Bonchev–Trinajstić information content (AvgIpc) is 2.90. The van der Waals surface area contributed by atoms with Gasteiger partial charge in [-0.3, -0.25) is 19.3 Å². The summed E-state index contributed by atoms with van der Waals surface area (Å²) in [4.78, 5) is 37.9. The molecule has 1 aliphatic rings. The van der Waals surface area contributed by atoms with Crippen LogP contribution in [-0.2, 0) is 21.5 Å². The second-order valence-corrected chi connectivity index (χ2v) is 9.01. The number of hydrogen-bond acceptors (Lipinski definition) is 4. The van der Waals surface area contributed by atoms with Crippen LogP contribution in [0.2, 0.25) is 0 Å². The quantitative estimate of drug-likeness (QED) is 0.708. The Morgan fingerprint density at radius 3 is 2.21 bits per heavy atom.